The molecule has 15 heavy (non-hydrogen) atoms. The molecule has 0 amide bonds. The lowest BCUT2D eigenvalue weighted by Crippen LogP contribution is -1.94. The van der Waals surface area contributed by atoms with Crippen molar-refractivity contribution in [2.45, 2.75) is 13.3 Å². The van der Waals surface area contributed by atoms with Crippen LogP contribution in [0, 0.1) is 5.82 Å². The van der Waals surface area contributed by atoms with E-state index < -0.39 is 0 Å². The van der Waals surface area contributed by atoms with Crippen molar-refractivity contribution in [2.24, 2.45) is 7.05 Å². The van der Waals surface area contributed by atoms with Gasteiger partial charge in [0.15, 0.2) is 0 Å². The fourth-order valence-electron chi connectivity index (χ4n) is 1.85. The second-order valence-corrected chi connectivity index (χ2v) is 3.81. The topological polar surface area (TPSA) is 22.0 Å². The molecule has 0 saturated heterocycles. The fraction of sp³-hybridized carbons (Fsp3) is 0.250. The Hall–Kier alpha value is -1.64. The molecule has 1 aromatic heterocycles. The van der Waals surface area contributed by atoms with Crippen LogP contribution in [0.3, 0.4) is 0 Å². The number of halogens is 1. The van der Waals surface area contributed by atoms with Crippen LogP contribution in [0.2, 0.25) is 0 Å². The molecule has 2 rings (SSSR count). The van der Waals surface area contributed by atoms with Crippen LogP contribution < -0.4 is 0 Å². The zero-order valence-electron chi connectivity index (χ0n) is 8.75. The van der Waals surface area contributed by atoms with Gasteiger partial charge in [-0.2, -0.15) is 0 Å². The van der Waals surface area contributed by atoms with E-state index in [0.717, 1.165) is 16.5 Å². The summed E-state index contributed by atoms with van der Waals surface area (Å²) >= 11 is 0. The first-order valence-electron chi connectivity index (χ1n) is 4.81. The van der Waals surface area contributed by atoms with E-state index in [9.17, 15) is 9.18 Å². The highest BCUT2D eigenvalue weighted by atomic mass is 19.1. The molecule has 78 valence electrons. The molecule has 0 N–H and O–H groups in total. The average molecular weight is 205 g/mol. The van der Waals surface area contributed by atoms with Crippen molar-refractivity contribution in [3.8, 4) is 0 Å². The largest absolute Gasteiger partial charge is 0.350 e. The van der Waals surface area contributed by atoms with Crippen LogP contribution in [0.4, 0.5) is 4.39 Å². The molecule has 2 nitrogen and oxygen atoms in total. The van der Waals surface area contributed by atoms with Gasteiger partial charge in [0, 0.05) is 30.6 Å². The van der Waals surface area contributed by atoms with E-state index in [0.29, 0.717) is 6.42 Å². The molecular weight excluding hydrogens is 193 g/mol. The van der Waals surface area contributed by atoms with Crippen LogP contribution in [-0.4, -0.2) is 10.4 Å². The predicted octanol–water partition coefficient (Wildman–Crippen LogP) is 2.45. The Kier molecular flexibility index (Phi) is 2.31. The van der Waals surface area contributed by atoms with Crippen molar-refractivity contribution < 1.29 is 9.18 Å². The maximum atomic E-state index is 13.1. The number of rotatable bonds is 2. The van der Waals surface area contributed by atoms with Gasteiger partial charge in [-0.15, -0.1) is 0 Å². The van der Waals surface area contributed by atoms with E-state index in [1.807, 2.05) is 17.8 Å². The van der Waals surface area contributed by atoms with E-state index in [2.05, 4.69) is 0 Å². The molecule has 3 heteroatoms. The van der Waals surface area contributed by atoms with Crippen LogP contribution in [0.1, 0.15) is 12.5 Å². The number of carbonyl (C=O) groups is 1. The predicted molar refractivity (Wildman–Crippen MR) is 57.3 cm³/mol. The molecule has 0 spiro atoms. The van der Waals surface area contributed by atoms with Crippen LogP contribution in [0.15, 0.2) is 24.4 Å². The van der Waals surface area contributed by atoms with Crippen molar-refractivity contribution in [1.29, 1.82) is 0 Å². The lowest BCUT2D eigenvalue weighted by molar-refractivity contribution is -0.116. The number of aromatic nitrogens is 1. The van der Waals surface area contributed by atoms with Gasteiger partial charge >= 0.3 is 0 Å². The lowest BCUT2D eigenvalue weighted by atomic mass is 10.1. The van der Waals surface area contributed by atoms with Gasteiger partial charge in [0.2, 0.25) is 0 Å². The Bertz CT molecular complexity index is 528. The molecule has 2 aromatic rings. The number of fused-ring (bicyclic) bond motifs is 1. The quantitative estimate of drug-likeness (QED) is 0.738. The molecule has 0 atom stereocenters. The standard InChI is InChI=1S/C12H12FNO/c1-8(15)5-9-7-14(2)12-4-3-10(13)6-11(9)12/h3-4,6-7H,5H2,1-2H3. The minimum absolute atomic E-state index is 0.0896. The summed E-state index contributed by atoms with van der Waals surface area (Å²) in [6, 6.07) is 4.64. The van der Waals surface area contributed by atoms with Crippen molar-refractivity contribution in [3.05, 3.63) is 35.8 Å². The molecular formula is C12H12FNO. The monoisotopic (exact) mass is 205 g/mol. The van der Waals surface area contributed by atoms with E-state index in [1.165, 1.54) is 19.1 Å². The summed E-state index contributed by atoms with van der Waals surface area (Å²) in [7, 11) is 1.89. The minimum atomic E-state index is -0.265. The van der Waals surface area contributed by atoms with Gasteiger partial charge in [-0.3, -0.25) is 4.79 Å². The number of hydrogen-bond acceptors (Lipinski definition) is 1. The lowest BCUT2D eigenvalue weighted by Gasteiger charge is -1.96. The maximum Gasteiger partial charge on any atom is 0.134 e. The Balaban J connectivity index is 2.64. The van der Waals surface area contributed by atoms with Crippen molar-refractivity contribution in [3.63, 3.8) is 0 Å². The van der Waals surface area contributed by atoms with Gasteiger partial charge < -0.3 is 4.57 Å². The zero-order valence-corrected chi connectivity index (χ0v) is 8.75. The van der Waals surface area contributed by atoms with Gasteiger partial charge in [0.05, 0.1) is 0 Å². The van der Waals surface area contributed by atoms with Crippen molar-refractivity contribution in [1.82, 2.24) is 4.57 Å². The molecule has 1 heterocycles. The second-order valence-electron chi connectivity index (χ2n) is 3.81. The number of hydrogen-bond donors (Lipinski definition) is 0. The Labute approximate surface area is 87.3 Å². The molecule has 0 aliphatic heterocycles. The van der Waals surface area contributed by atoms with Crippen molar-refractivity contribution in [2.75, 3.05) is 0 Å². The Morgan fingerprint density at radius 2 is 2.20 bits per heavy atom. The van der Waals surface area contributed by atoms with Gasteiger partial charge in [-0.25, -0.2) is 4.39 Å². The molecule has 0 unspecified atom stereocenters. The molecule has 1 aromatic carbocycles. The van der Waals surface area contributed by atoms with Crippen LogP contribution in [-0.2, 0) is 18.3 Å². The van der Waals surface area contributed by atoms with Gasteiger partial charge in [-0.1, -0.05) is 0 Å². The normalized spacial score (nSPS) is 10.9. The first kappa shape index (κ1) is 9.90. The smallest absolute Gasteiger partial charge is 0.134 e. The second kappa shape index (κ2) is 3.50. The van der Waals surface area contributed by atoms with Crippen LogP contribution >= 0.6 is 0 Å². The highest BCUT2D eigenvalue weighted by Gasteiger charge is 2.08. The molecule has 0 aliphatic carbocycles. The summed E-state index contributed by atoms with van der Waals surface area (Å²) in [6.45, 7) is 1.54. The zero-order chi connectivity index (χ0) is 11.0. The maximum absolute atomic E-state index is 13.1. The van der Waals surface area contributed by atoms with E-state index in [1.54, 1.807) is 6.07 Å². The van der Waals surface area contributed by atoms with Crippen molar-refractivity contribution >= 4 is 16.7 Å². The van der Waals surface area contributed by atoms with Gasteiger partial charge in [0.1, 0.15) is 11.6 Å². The highest BCUT2D eigenvalue weighted by Crippen LogP contribution is 2.22. The number of carbonyl (C=O) groups excluding carboxylic acids is 1. The number of benzene rings is 1. The Morgan fingerprint density at radius 3 is 2.87 bits per heavy atom. The molecule has 0 fully saturated rings. The third kappa shape index (κ3) is 1.77. The first-order chi connectivity index (χ1) is 7.08. The van der Waals surface area contributed by atoms with E-state index in [-0.39, 0.29) is 11.6 Å². The summed E-state index contributed by atoms with van der Waals surface area (Å²) < 4.78 is 15.0. The first-order valence-corrected chi connectivity index (χ1v) is 4.81. The molecule has 0 aliphatic rings. The van der Waals surface area contributed by atoms with E-state index >= 15 is 0 Å². The average Bonchev–Trinajstić information content (AvgIpc) is 2.42. The van der Waals surface area contributed by atoms with Crippen LogP contribution in [0.25, 0.3) is 10.9 Å². The summed E-state index contributed by atoms with van der Waals surface area (Å²) in [5.41, 5.74) is 1.84. The fourth-order valence-corrected chi connectivity index (χ4v) is 1.85. The third-order valence-electron chi connectivity index (χ3n) is 2.47. The number of aryl methyl sites for hydroxylation is 1. The summed E-state index contributed by atoms with van der Waals surface area (Å²) in [4.78, 5) is 11.0. The number of ketones is 1. The molecule has 0 bridgehead atoms. The van der Waals surface area contributed by atoms with Crippen LogP contribution in [0.5, 0.6) is 0 Å². The Morgan fingerprint density at radius 1 is 1.47 bits per heavy atom. The summed E-state index contributed by atoms with van der Waals surface area (Å²) in [5.74, 6) is -0.176. The van der Waals surface area contributed by atoms with Gasteiger partial charge in [0.25, 0.3) is 0 Å². The molecule has 0 radical (unpaired) electrons. The van der Waals surface area contributed by atoms with E-state index in [4.69, 9.17) is 0 Å². The van der Waals surface area contributed by atoms with Gasteiger partial charge in [-0.05, 0) is 30.7 Å². The minimum Gasteiger partial charge on any atom is -0.350 e. The SMILES string of the molecule is CC(=O)Cc1cn(C)c2ccc(F)cc12. The number of Topliss-reactive ketones (excluding diaryl/α,β-unsaturated/α-hetero) is 1. The summed E-state index contributed by atoms with van der Waals surface area (Å²) in [6.07, 6.45) is 2.24. The molecule has 0 saturated carbocycles. The highest BCUT2D eigenvalue weighted by molar-refractivity contribution is 5.89. The summed E-state index contributed by atoms with van der Waals surface area (Å²) in [5, 5.41) is 0.827. The third-order valence-corrected chi connectivity index (χ3v) is 2.47. The number of nitrogens with zero attached hydrogens (tertiary/aromatic N) is 1.